The molecule has 0 aromatic carbocycles. The molecule has 16 nitrogen and oxygen atoms in total. The number of aliphatic hydroxyl groups excluding tert-OH is 2. The lowest BCUT2D eigenvalue weighted by Crippen LogP contribution is -2.41. The second kappa shape index (κ2) is 22.4. The van der Waals surface area contributed by atoms with Crippen LogP contribution in [-0.4, -0.2) is 97.2 Å². The van der Waals surface area contributed by atoms with Crippen LogP contribution >= 0.6 is 31.9 Å². The van der Waals surface area contributed by atoms with Gasteiger partial charge < -0.3 is 31.0 Å². The predicted molar refractivity (Wildman–Crippen MR) is 249 cm³/mol. The SMILES string of the molecule is CC1(C)OB(c2cnc3c(c2)CCCN3C(N)=O)OC1(C)C.NC(=O)N1CCCc2cc(-c3cncc(C(O)C(F)(F)F)c3)cnc21.O=Cc1cncc(Br)c1.OC(c1cncc(Br)c1)C(F)(F)F. The minimum atomic E-state index is -4.77. The fraction of sp³-hybridized carbons (Fsp3) is 0.364. The number of alkyl halides is 6. The molecule has 8 rings (SSSR count). The number of pyridine rings is 5. The number of hydrogen-bond acceptors (Lipinski definition) is 12. The number of amides is 4. The van der Waals surface area contributed by atoms with E-state index in [-0.39, 0.29) is 22.3 Å². The van der Waals surface area contributed by atoms with E-state index in [9.17, 15) is 45.8 Å². The van der Waals surface area contributed by atoms with Crippen molar-refractivity contribution in [3.63, 3.8) is 0 Å². The smallest absolute Gasteiger partial charge is 0.399 e. The van der Waals surface area contributed by atoms with Gasteiger partial charge in [-0.05, 0) is 121 Å². The number of nitrogens with zero attached hydrogens (tertiary/aromatic N) is 7. The number of nitrogens with two attached hydrogens (primary N) is 2. The summed E-state index contributed by atoms with van der Waals surface area (Å²) in [6.45, 7) is 9.18. The number of fused-ring (bicyclic) bond motifs is 2. The van der Waals surface area contributed by atoms with E-state index in [4.69, 9.17) is 25.9 Å². The Morgan fingerprint density at radius 3 is 1.59 bits per heavy atom. The molecule has 1 saturated heterocycles. The third-order valence-electron chi connectivity index (χ3n) is 11.1. The first-order valence-corrected chi connectivity index (χ1v) is 22.4. The van der Waals surface area contributed by atoms with Crippen molar-refractivity contribution in [1.29, 1.82) is 0 Å². The normalized spacial score (nSPS) is 16.7. The molecule has 2 atom stereocenters. The van der Waals surface area contributed by atoms with Crippen molar-refractivity contribution in [2.24, 2.45) is 11.5 Å². The fourth-order valence-corrected chi connectivity index (χ4v) is 7.62. The van der Waals surface area contributed by atoms with Crippen molar-refractivity contribution in [1.82, 2.24) is 24.9 Å². The van der Waals surface area contributed by atoms with E-state index in [0.717, 1.165) is 52.6 Å². The topological polar surface area (TPSA) is 233 Å². The molecule has 0 spiro atoms. The number of aldehydes is 1. The first kappa shape index (κ1) is 54.3. The highest BCUT2D eigenvalue weighted by atomic mass is 79.9. The van der Waals surface area contributed by atoms with Crippen molar-refractivity contribution in [2.45, 2.75) is 89.1 Å². The summed E-state index contributed by atoms with van der Waals surface area (Å²) in [6, 6.07) is 6.81. The zero-order chi connectivity index (χ0) is 51.1. The Kier molecular flexibility index (Phi) is 17.7. The van der Waals surface area contributed by atoms with Crippen LogP contribution < -0.4 is 26.7 Å². The number of carbonyl (C=O) groups is 3. The standard InChI is InChI=1S/C16H15F3N4O2.C15H22BN3O3.C7H5BrF3NO.C6H4BrNO/c17-16(18,19)13(24)12-5-10(6-21-7-12)11-4-9-2-1-3-23(15(20)25)14(9)22-8-11;1-14(2)15(3,4)22-16(21-14)11-8-10-6-5-7-19(13(17)20)12(10)18-9-11;8-5-1-4(2-12-3-5)6(13)7(9,10)11;7-6-1-5(4-9)2-8-3-6/h4-8,13,24H,1-3H2,(H2,20,25);8-9H,5-7H2,1-4H3,(H2,17,20);1-3,6,13H;1-4H. The molecule has 4 amide bonds. The Bertz CT molecular complexity index is 2620. The molecule has 0 bridgehead atoms. The van der Waals surface area contributed by atoms with Crippen molar-refractivity contribution < 1.29 is 60.2 Å². The quantitative estimate of drug-likeness (QED) is 0.0748. The third kappa shape index (κ3) is 14.0. The number of carbonyl (C=O) groups excluding carboxylic acids is 3. The summed E-state index contributed by atoms with van der Waals surface area (Å²) in [5, 5.41) is 18.2. The number of rotatable bonds is 5. The number of aromatic nitrogens is 5. The van der Waals surface area contributed by atoms with Crippen LogP contribution in [0.15, 0.2) is 88.9 Å². The van der Waals surface area contributed by atoms with Crippen LogP contribution in [0, 0.1) is 0 Å². The van der Waals surface area contributed by atoms with E-state index in [2.05, 4.69) is 56.8 Å². The Hall–Kier alpha value is -5.60. The Morgan fingerprint density at radius 2 is 1.13 bits per heavy atom. The van der Waals surface area contributed by atoms with Gasteiger partial charge in [0.05, 0.1) is 11.2 Å². The lowest BCUT2D eigenvalue weighted by Gasteiger charge is -2.32. The third-order valence-corrected chi connectivity index (χ3v) is 11.9. The number of aryl methyl sites for hydroxylation is 2. The maximum Gasteiger partial charge on any atom is 0.496 e. The summed E-state index contributed by atoms with van der Waals surface area (Å²) < 4.78 is 87.3. The molecule has 3 aliphatic rings. The largest absolute Gasteiger partial charge is 0.496 e. The van der Waals surface area contributed by atoms with Crippen LogP contribution in [0.2, 0.25) is 0 Å². The molecule has 0 saturated carbocycles. The number of hydrogen-bond donors (Lipinski definition) is 4. The zero-order valence-electron chi connectivity index (χ0n) is 37.3. The fourth-order valence-electron chi connectivity index (χ4n) is 6.85. The Balaban J connectivity index is 0.000000183. The number of anilines is 2. The second-order valence-corrected chi connectivity index (χ2v) is 18.5. The van der Waals surface area contributed by atoms with E-state index in [1.165, 1.54) is 46.7 Å². The monoisotopic (exact) mass is 1100 g/mol. The predicted octanol–water partition coefficient (Wildman–Crippen LogP) is 7.88. The molecule has 0 radical (unpaired) electrons. The first-order chi connectivity index (χ1) is 32.2. The van der Waals surface area contributed by atoms with E-state index >= 15 is 0 Å². The van der Waals surface area contributed by atoms with Gasteiger partial charge >= 0.3 is 31.5 Å². The average molecular weight is 1100 g/mol. The number of primary amides is 2. The number of halogens is 8. The van der Waals surface area contributed by atoms with Crippen LogP contribution in [0.5, 0.6) is 0 Å². The van der Waals surface area contributed by atoms with E-state index < -0.39 is 43.7 Å². The highest BCUT2D eigenvalue weighted by molar-refractivity contribution is 9.10. The van der Waals surface area contributed by atoms with Gasteiger partial charge in [-0.1, -0.05) is 6.07 Å². The van der Waals surface area contributed by atoms with E-state index in [0.29, 0.717) is 58.7 Å². The summed E-state index contributed by atoms with van der Waals surface area (Å²) in [5.74, 6) is 1.11. The maximum absolute atomic E-state index is 12.7. The van der Waals surface area contributed by atoms with Crippen molar-refractivity contribution >= 4 is 74.4 Å². The van der Waals surface area contributed by atoms with Gasteiger partial charge in [-0.25, -0.2) is 19.6 Å². The molecular weight excluding hydrogens is 1050 g/mol. The molecule has 1 fully saturated rings. The van der Waals surface area contributed by atoms with Crippen molar-refractivity contribution in [3.8, 4) is 11.1 Å². The Morgan fingerprint density at radius 1 is 0.681 bits per heavy atom. The molecule has 8 heterocycles. The lowest BCUT2D eigenvalue weighted by atomic mass is 9.79. The lowest BCUT2D eigenvalue weighted by molar-refractivity contribution is -0.207. The Labute approximate surface area is 409 Å². The summed E-state index contributed by atoms with van der Waals surface area (Å²) >= 11 is 6.14. The van der Waals surface area contributed by atoms with Crippen LogP contribution in [0.25, 0.3) is 11.1 Å². The number of urea groups is 2. The maximum atomic E-state index is 12.7. The zero-order valence-corrected chi connectivity index (χ0v) is 40.5. The van der Waals surface area contributed by atoms with E-state index in [1.807, 2.05) is 33.8 Å². The van der Waals surface area contributed by atoms with E-state index in [1.54, 1.807) is 24.5 Å². The minimum absolute atomic E-state index is 0.276. The molecular formula is C44H46BBr2F6N9O7. The highest BCUT2D eigenvalue weighted by Gasteiger charge is 2.52. The summed E-state index contributed by atoms with van der Waals surface area (Å²) in [5.41, 5.74) is 13.6. The second-order valence-electron chi connectivity index (χ2n) is 16.6. The number of aliphatic hydroxyl groups is 2. The molecule has 3 aliphatic heterocycles. The van der Waals surface area contributed by atoms with Crippen LogP contribution in [0.4, 0.5) is 47.6 Å². The molecule has 368 valence electrons. The summed E-state index contributed by atoms with van der Waals surface area (Å²) in [6.07, 6.45) is 0.398. The molecule has 5 aromatic rings. The van der Waals surface area contributed by atoms with Gasteiger partial charge in [0.1, 0.15) is 11.6 Å². The minimum Gasteiger partial charge on any atom is -0.399 e. The molecule has 5 aromatic heterocycles. The van der Waals surface area contributed by atoms with Gasteiger partial charge in [-0.2, -0.15) is 26.3 Å². The summed E-state index contributed by atoms with van der Waals surface area (Å²) in [4.78, 5) is 55.6. The van der Waals surface area contributed by atoms with Gasteiger partial charge in [0.2, 0.25) is 0 Å². The van der Waals surface area contributed by atoms with Crippen LogP contribution in [0.1, 0.15) is 85.4 Å². The van der Waals surface area contributed by atoms with Crippen molar-refractivity contribution in [2.75, 3.05) is 22.9 Å². The molecule has 0 aliphatic carbocycles. The average Bonchev–Trinajstić information content (AvgIpc) is 3.52. The molecule has 2 unspecified atom stereocenters. The van der Waals surface area contributed by atoms with Gasteiger partial charge in [0.25, 0.3) is 0 Å². The first-order valence-electron chi connectivity index (χ1n) is 20.8. The van der Waals surface area contributed by atoms with Crippen LogP contribution in [-0.2, 0) is 22.2 Å². The molecule has 25 heteroatoms. The van der Waals surface area contributed by atoms with Gasteiger partial charge in [0, 0.05) is 105 Å². The highest BCUT2D eigenvalue weighted by Crippen LogP contribution is 2.38. The molecule has 69 heavy (non-hydrogen) atoms. The van der Waals surface area contributed by atoms with Crippen molar-refractivity contribution in [3.05, 3.63) is 117 Å². The van der Waals surface area contributed by atoms with Crippen LogP contribution in [0.3, 0.4) is 0 Å². The van der Waals surface area contributed by atoms with Gasteiger partial charge in [-0.3, -0.25) is 29.5 Å². The molecule has 6 N–H and O–H groups in total. The van der Waals surface area contributed by atoms with Gasteiger partial charge in [-0.15, -0.1) is 0 Å². The van der Waals surface area contributed by atoms with Gasteiger partial charge in [0.15, 0.2) is 18.5 Å². The summed E-state index contributed by atoms with van der Waals surface area (Å²) in [7, 11) is -0.438.